The highest BCUT2D eigenvalue weighted by Crippen LogP contribution is 2.45. The molecule has 0 spiro atoms. The Balaban J connectivity index is 5.25. The number of ether oxygens (including phenoxy) is 4. The molecule has 0 radical (unpaired) electrons. The highest BCUT2D eigenvalue weighted by atomic mass is 31.2. The van der Waals surface area contributed by atoms with Crippen LogP contribution in [0.25, 0.3) is 0 Å². The first-order valence-electron chi connectivity index (χ1n) is 39.9. The Bertz CT molecular complexity index is 1870. The van der Waals surface area contributed by atoms with E-state index in [1.54, 1.807) is 0 Å². The summed E-state index contributed by atoms with van der Waals surface area (Å²) in [7, 11) is -9.91. The topological polar surface area (TPSA) is 237 Å². The van der Waals surface area contributed by atoms with E-state index in [1.165, 1.54) is 199 Å². The van der Waals surface area contributed by atoms with Crippen molar-refractivity contribution < 1.29 is 80.2 Å². The van der Waals surface area contributed by atoms with Gasteiger partial charge in [-0.25, -0.2) is 9.13 Å². The zero-order valence-corrected chi connectivity index (χ0v) is 64.6. The van der Waals surface area contributed by atoms with E-state index in [9.17, 15) is 43.2 Å². The van der Waals surface area contributed by atoms with Crippen molar-refractivity contribution in [2.45, 2.75) is 414 Å². The highest BCUT2D eigenvalue weighted by Gasteiger charge is 2.30. The van der Waals surface area contributed by atoms with Crippen molar-refractivity contribution in [3.8, 4) is 0 Å². The van der Waals surface area contributed by atoms with E-state index in [4.69, 9.17) is 37.0 Å². The van der Waals surface area contributed by atoms with Crippen LogP contribution in [-0.2, 0) is 65.4 Å². The monoisotopic (exact) mass is 1410 g/mol. The molecule has 17 nitrogen and oxygen atoms in total. The Morgan fingerprint density at radius 2 is 0.531 bits per heavy atom. The van der Waals surface area contributed by atoms with E-state index < -0.39 is 97.5 Å². The Kier molecular flexibility index (Phi) is 66.2. The molecule has 3 N–H and O–H groups in total. The highest BCUT2D eigenvalue weighted by molar-refractivity contribution is 7.47. The molecule has 0 rings (SSSR count). The summed E-state index contributed by atoms with van der Waals surface area (Å²) in [6.45, 7) is 11.9. The zero-order chi connectivity index (χ0) is 70.9. The van der Waals surface area contributed by atoms with E-state index in [0.717, 1.165) is 108 Å². The van der Waals surface area contributed by atoms with Crippen LogP contribution in [0, 0.1) is 17.8 Å². The van der Waals surface area contributed by atoms with Gasteiger partial charge in [0.05, 0.1) is 26.4 Å². The van der Waals surface area contributed by atoms with E-state index in [2.05, 4.69) is 48.5 Å². The van der Waals surface area contributed by atoms with Gasteiger partial charge in [0.2, 0.25) is 0 Å². The van der Waals surface area contributed by atoms with Crippen molar-refractivity contribution in [2.24, 2.45) is 17.8 Å². The normalized spacial score (nSPS) is 14.3. The molecule has 0 aromatic heterocycles. The van der Waals surface area contributed by atoms with Crippen LogP contribution >= 0.6 is 15.6 Å². The summed E-state index contributed by atoms with van der Waals surface area (Å²) in [5.74, 6) is 0.186. The number of phosphoric ester groups is 2. The Morgan fingerprint density at radius 3 is 0.792 bits per heavy atom. The fourth-order valence-corrected chi connectivity index (χ4v) is 13.3. The van der Waals surface area contributed by atoms with Crippen LogP contribution in [0.4, 0.5) is 0 Å². The molecule has 0 aromatic rings. The van der Waals surface area contributed by atoms with Gasteiger partial charge in [-0.3, -0.25) is 37.3 Å². The smallest absolute Gasteiger partial charge is 0.462 e. The third-order valence-electron chi connectivity index (χ3n) is 18.2. The third-order valence-corrected chi connectivity index (χ3v) is 20.1. The second-order valence-electron chi connectivity index (χ2n) is 28.9. The van der Waals surface area contributed by atoms with Crippen LogP contribution in [-0.4, -0.2) is 96.7 Å². The van der Waals surface area contributed by atoms with Crippen LogP contribution in [0.3, 0.4) is 0 Å². The van der Waals surface area contributed by atoms with Gasteiger partial charge in [-0.2, -0.15) is 0 Å². The maximum Gasteiger partial charge on any atom is 0.472 e. The lowest BCUT2D eigenvalue weighted by atomic mass is 9.99. The van der Waals surface area contributed by atoms with Gasteiger partial charge in [-0.05, 0) is 43.4 Å². The SMILES string of the molecule is CCCCCCCCCCCCCCCCCC(=O)OC[C@H](COP(=O)(O)OC[C@@H](O)COP(=O)(O)OC[C@@H](COC(=O)CCCCCCCCCC(C)C)OC(=O)CCCCCCCCCCCCC(C)C)OC(=O)CCCCCCCCCCCCCCCCC(C)CC. The van der Waals surface area contributed by atoms with Gasteiger partial charge in [-0.15, -0.1) is 0 Å². The number of hydrogen-bond acceptors (Lipinski definition) is 15. The van der Waals surface area contributed by atoms with Gasteiger partial charge in [-0.1, -0.05) is 344 Å². The molecule has 0 saturated heterocycles. The van der Waals surface area contributed by atoms with Gasteiger partial charge in [0, 0.05) is 25.7 Å². The number of unbranched alkanes of at least 4 members (excludes halogenated alkanes) is 42. The standard InChI is InChI=1S/C77H150O17P2/c1-8-10-11-12-13-14-15-16-17-21-24-30-37-44-51-58-74(79)87-64-72(93-76(81)60-53-46-38-31-25-22-19-18-20-23-29-36-43-50-57-70(7)9-2)66-91-95(83,84)89-62-71(78)63-90-96(85,86)92-67-73(65-88-75(80)59-52-45-40-33-35-42-49-56-69(5)6)94-77(82)61-54-47-39-32-27-26-28-34-41-48-55-68(3)4/h68-73,78H,8-67H2,1-7H3,(H,83,84)(H,85,86)/t70?,71-,72-,73-/m1/s1. The minimum absolute atomic E-state index is 0.105. The zero-order valence-electron chi connectivity index (χ0n) is 62.8. The minimum atomic E-state index is -4.96. The number of aliphatic hydroxyl groups is 1. The summed E-state index contributed by atoms with van der Waals surface area (Å²) >= 11 is 0. The fraction of sp³-hybridized carbons (Fsp3) is 0.948. The summed E-state index contributed by atoms with van der Waals surface area (Å²) in [5, 5.41) is 10.6. The van der Waals surface area contributed by atoms with Gasteiger partial charge in [0.25, 0.3) is 0 Å². The molecule has 570 valence electrons. The molecule has 0 saturated carbocycles. The Hall–Kier alpha value is -1.94. The molecule has 0 bridgehead atoms. The number of phosphoric acid groups is 2. The van der Waals surface area contributed by atoms with Crippen molar-refractivity contribution in [3.05, 3.63) is 0 Å². The maximum atomic E-state index is 13.1. The Labute approximate surface area is 588 Å². The lowest BCUT2D eigenvalue weighted by Crippen LogP contribution is -2.30. The molecular weight excluding hydrogens is 1260 g/mol. The molecule has 0 fully saturated rings. The second kappa shape index (κ2) is 67.5. The largest absolute Gasteiger partial charge is 0.472 e. The molecule has 0 heterocycles. The van der Waals surface area contributed by atoms with Crippen molar-refractivity contribution in [1.82, 2.24) is 0 Å². The van der Waals surface area contributed by atoms with Gasteiger partial charge in [0.15, 0.2) is 12.2 Å². The fourth-order valence-electron chi connectivity index (χ4n) is 11.7. The summed E-state index contributed by atoms with van der Waals surface area (Å²) in [4.78, 5) is 72.9. The van der Waals surface area contributed by atoms with Crippen LogP contribution in [0.5, 0.6) is 0 Å². The number of carbonyl (C=O) groups is 4. The van der Waals surface area contributed by atoms with Gasteiger partial charge in [0.1, 0.15) is 19.3 Å². The quantitative estimate of drug-likeness (QED) is 0.0222. The first kappa shape index (κ1) is 94.1. The molecule has 0 aliphatic carbocycles. The van der Waals surface area contributed by atoms with Crippen LogP contribution in [0.2, 0.25) is 0 Å². The van der Waals surface area contributed by atoms with E-state index in [-0.39, 0.29) is 25.7 Å². The molecule has 3 unspecified atom stereocenters. The predicted octanol–water partition coefficient (Wildman–Crippen LogP) is 22.6. The van der Waals surface area contributed by atoms with E-state index >= 15 is 0 Å². The van der Waals surface area contributed by atoms with Crippen molar-refractivity contribution in [3.63, 3.8) is 0 Å². The molecule has 19 heteroatoms. The van der Waals surface area contributed by atoms with Crippen molar-refractivity contribution in [1.29, 1.82) is 0 Å². The van der Waals surface area contributed by atoms with Crippen molar-refractivity contribution >= 4 is 39.5 Å². The van der Waals surface area contributed by atoms with E-state index in [0.29, 0.717) is 31.6 Å². The maximum absolute atomic E-state index is 13.1. The summed E-state index contributed by atoms with van der Waals surface area (Å²) in [6, 6.07) is 0. The van der Waals surface area contributed by atoms with Crippen LogP contribution < -0.4 is 0 Å². The molecule has 6 atom stereocenters. The van der Waals surface area contributed by atoms with Crippen LogP contribution in [0.1, 0.15) is 395 Å². The second-order valence-corrected chi connectivity index (χ2v) is 31.8. The van der Waals surface area contributed by atoms with Crippen LogP contribution in [0.15, 0.2) is 0 Å². The molecule has 0 aromatic carbocycles. The van der Waals surface area contributed by atoms with Crippen molar-refractivity contribution in [2.75, 3.05) is 39.6 Å². The molecular formula is C77H150O17P2. The average Bonchev–Trinajstić information content (AvgIpc) is 1.50. The molecule has 0 amide bonds. The number of aliphatic hydroxyl groups excluding tert-OH is 1. The Morgan fingerprint density at radius 1 is 0.302 bits per heavy atom. The first-order valence-corrected chi connectivity index (χ1v) is 42.9. The average molecular weight is 1410 g/mol. The molecule has 0 aliphatic rings. The number of rotatable bonds is 75. The number of hydrogen-bond donors (Lipinski definition) is 3. The number of carbonyl (C=O) groups excluding carboxylic acids is 4. The summed E-state index contributed by atoms with van der Waals surface area (Å²) in [5.41, 5.74) is 0. The predicted molar refractivity (Wildman–Crippen MR) is 391 cm³/mol. The third kappa shape index (κ3) is 69.2. The molecule has 96 heavy (non-hydrogen) atoms. The summed E-state index contributed by atoms with van der Waals surface area (Å²) in [6.07, 6.45) is 54.1. The van der Waals surface area contributed by atoms with Gasteiger partial charge < -0.3 is 33.8 Å². The van der Waals surface area contributed by atoms with E-state index in [1.807, 2.05) is 0 Å². The van der Waals surface area contributed by atoms with Gasteiger partial charge >= 0.3 is 39.5 Å². The lowest BCUT2D eigenvalue weighted by Gasteiger charge is -2.21. The minimum Gasteiger partial charge on any atom is -0.462 e. The number of esters is 4. The summed E-state index contributed by atoms with van der Waals surface area (Å²) < 4.78 is 68.6. The molecule has 0 aliphatic heterocycles. The first-order chi connectivity index (χ1) is 46.3. The lowest BCUT2D eigenvalue weighted by molar-refractivity contribution is -0.161.